The van der Waals surface area contributed by atoms with Crippen LogP contribution in [0.5, 0.6) is 0 Å². The minimum Gasteiger partial charge on any atom is -0.370 e. The maximum Gasteiger partial charge on any atom is 0.131 e. The number of rotatable bonds is 7. The molecule has 0 atom stereocenters. The molecule has 16 heavy (non-hydrogen) atoms. The molecule has 2 N–H and O–H groups in total. The van der Waals surface area contributed by atoms with Crippen LogP contribution in [0, 0.1) is 6.92 Å². The van der Waals surface area contributed by atoms with E-state index >= 15 is 0 Å². The van der Waals surface area contributed by atoms with E-state index in [0.717, 1.165) is 37.0 Å². The average Bonchev–Trinajstić information content (AvgIpc) is 2.24. The molecule has 0 saturated heterocycles. The molecular formula is C11H20N4S. The predicted octanol–water partition coefficient (Wildman–Crippen LogP) is 2.38. The number of hydrogen-bond donors (Lipinski definition) is 2. The van der Waals surface area contributed by atoms with Gasteiger partial charge in [-0.3, -0.25) is 0 Å². The Morgan fingerprint density at radius 2 is 1.94 bits per heavy atom. The second-order valence-corrected chi connectivity index (χ2v) is 4.47. The molecule has 0 fully saturated rings. The van der Waals surface area contributed by atoms with E-state index in [4.69, 9.17) is 0 Å². The molecule has 0 spiro atoms. The number of nitrogens with one attached hydrogen (secondary N) is 2. The van der Waals surface area contributed by atoms with E-state index < -0.39 is 0 Å². The third-order valence-corrected chi connectivity index (χ3v) is 2.72. The summed E-state index contributed by atoms with van der Waals surface area (Å²) >= 11 is 1.87. The fraction of sp³-hybridized carbons (Fsp3) is 0.636. The Morgan fingerprint density at radius 1 is 1.25 bits per heavy atom. The van der Waals surface area contributed by atoms with Crippen LogP contribution in [0.3, 0.4) is 0 Å². The minimum absolute atomic E-state index is 0.797. The van der Waals surface area contributed by atoms with E-state index in [9.17, 15) is 0 Å². The summed E-state index contributed by atoms with van der Waals surface area (Å²) in [5.74, 6) is 3.77. The first-order valence-corrected chi connectivity index (χ1v) is 6.98. The topological polar surface area (TPSA) is 49.8 Å². The van der Waals surface area contributed by atoms with Crippen molar-refractivity contribution in [1.82, 2.24) is 9.97 Å². The zero-order valence-corrected chi connectivity index (χ0v) is 11.0. The largest absolute Gasteiger partial charge is 0.370 e. The molecular weight excluding hydrogens is 220 g/mol. The number of thioether (sulfide) groups is 1. The predicted molar refractivity (Wildman–Crippen MR) is 72.4 cm³/mol. The smallest absolute Gasteiger partial charge is 0.131 e. The van der Waals surface area contributed by atoms with Crippen molar-refractivity contribution in [3.63, 3.8) is 0 Å². The van der Waals surface area contributed by atoms with Crippen LogP contribution in [-0.2, 0) is 0 Å². The molecule has 0 saturated carbocycles. The fourth-order valence-corrected chi connectivity index (χ4v) is 1.80. The lowest BCUT2D eigenvalue weighted by atomic mass is 10.4. The van der Waals surface area contributed by atoms with Gasteiger partial charge < -0.3 is 10.6 Å². The first-order valence-electron chi connectivity index (χ1n) is 5.58. The summed E-state index contributed by atoms with van der Waals surface area (Å²) in [5.41, 5.74) is 0. The summed E-state index contributed by atoms with van der Waals surface area (Å²) in [6.45, 7) is 5.81. The average molecular weight is 240 g/mol. The molecule has 0 aliphatic heterocycles. The Hall–Kier alpha value is -0.970. The molecule has 1 rings (SSSR count). The summed E-state index contributed by atoms with van der Waals surface area (Å²) in [7, 11) is 0. The lowest BCUT2D eigenvalue weighted by molar-refractivity contribution is 0.962. The maximum absolute atomic E-state index is 4.34. The zero-order chi connectivity index (χ0) is 11.8. The van der Waals surface area contributed by atoms with Crippen LogP contribution in [0.25, 0.3) is 0 Å². The van der Waals surface area contributed by atoms with E-state index in [-0.39, 0.29) is 0 Å². The van der Waals surface area contributed by atoms with Gasteiger partial charge in [-0.05, 0) is 32.3 Å². The van der Waals surface area contributed by atoms with Gasteiger partial charge in [0.25, 0.3) is 0 Å². The Morgan fingerprint density at radius 3 is 2.56 bits per heavy atom. The summed E-state index contributed by atoms with van der Waals surface area (Å²) in [6.07, 6.45) is 3.28. The Kier molecular flexibility index (Phi) is 6.00. The molecule has 0 unspecified atom stereocenters. The number of aromatic nitrogens is 2. The zero-order valence-electron chi connectivity index (χ0n) is 10.2. The van der Waals surface area contributed by atoms with Crippen molar-refractivity contribution in [2.75, 3.05) is 35.7 Å². The summed E-state index contributed by atoms with van der Waals surface area (Å²) in [4.78, 5) is 8.65. The fourth-order valence-electron chi connectivity index (χ4n) is 1.36. The molecule has 0 bridgehead atoms. The van der Waals surface area contributed by atoms with Crippen LogP contribution < -0.4 is 10.6 Å². The molecule has 0 aliphatic carbocycles. The van der Waals surface area contributed by atoms with Crippen molar-refractivity contribution in [2.24, 2.45) is 0 Å². The van der Waals surface area contributed by atoms with Crippen LogP contribution in [-0.4, -0.2) is 35.1 Å². The first kappa shape index (κ1) is 13.1. The molecule has 5 heteroatoms. The lowest BCUT2D eigenvalue weighted by Gasteiger charge is -2.08. The van der Waals surface area contributed by atoms with Gasteiger partial charge in [0, 0.05) is 19.2 Å². The van der Waals surface area contributed by atoms with Crippen LogP contribution in [0.2, 0.25) is 0 Å². The molecule has 4 nitrogen and oxygen atoms in total. The Bertz CT molecular complexity index is 317. The highest BCUT2D eigenvalue weighted by Gasteiger charge is 2.00. The van der Waals surface area contributed by atoms with Gasteiger partial charge in [-0.2, -0.15) is 11.8 Å². The van der Waals surface area contributed by atoms with E-state index in [0.29, 0.717) is 0 Å². The second kappa shape index (κ2) is 7.33. The van der Waals surface area contributed by atoms with Crippen molar-refractivity contribution >= 4 is 23.4 Å². The van der Waals surface area contributed by atoms with Crippen LogP contribution >= 0.6 is 11.8 Å². The highest BCUT2D eigenvalue weighted by Crippen LogP contribution is 2.10. The Balaban J connectivity index is 2.51. The summed E-state index contributed by atoms with van der Waals surface area (Å²) in [6, 6.07) is 1.95. The third kappa shape index (κ3) is 4.70. The van der Waals surface area contributed by atoms with Gasteiger partial charge in [0.05, 0.1) is 0 Å². The molecule has 1 heterocycles. The molecule has 90 valence electrons. The van der Waals surface area contributed by atoms with Gasteiger partial charge in [0.15, 0.2) is 0 Å². The van der Waals surface area contributed by atoms with Gasteiger partial charge in [-0.15, -0.1) is 0 Å². The van der Waals surface area contributed by atoms with Gasteiger partial charge >= 0.3 is 0 Å². The van der Waals surface area contributed by atoms with Gasteiger partial charge in [0.1, 0.15) is 17.5 Å². The molecule has 1 aromatic rings. The maximum atomic E-state index is 4.34. The standard InChI is InChI=1S/C11H20N4S/c1-4-12-10-8-11(15-9(2)14-10)13-6-5-7-16-3/h8H,4-7H2,1-3H3,(H2,12,13,14,15). The van der Waals surface area contributed by atoms with Gasteiger partial charge in [-0.25, -0.2) is 9.97 Å². The van der Waals surface area contributed by atoms with Crippen molar-refractivity contribution in [2.45, 2.75) is 20.3 Å². The van der Waals surface area contributed by atoms with Gasteiger partial charge in [-0.1, -0.05) is 0 Å². The number of hydrogen-bond acceptors (Lipinski definition) is 5. The number of aryl methyl sites for hydroxylation is 1. The van der Waals surface area contributed by atoms with Crippen LogP contribution in [0.15, 0.2) is 6.07 Å². The summed E-state index contributed by atoms with van der Waals surface area (Å²) < 4.78 is 0. The molecule has 0 radical (unpaired) electrons. The second-order valence-electron chi connectivity index (χ2n) is 3.49. The number of anilines is 2. The molecule has 0 aliphatic rings. The van der Waals surface area contributed by atoms with E-state index in [1.165, 1.54) is 5.75 Å². The lowest BCUT2D eigenvalue weighted by Crippen LogP contribution is -2.08. The summed E-state index contributed by atoms with van der Waals surface area (Å²) in [5, 5.41) is 6.51. The molecule has 0 amide bonds. The van der Waals surface area contributed by atoms with E-state index in [1.807, 2.05) is 24.8 Å². The monoisotopic (exact) mass is 240 g/mol. The highest BCUT2D eigenvalue weighted by molar-refractivity contribution is 7.98. The van der Waals surface area contributed by atoms with Crippen LogP contribution in [0.4, 0.5) is 11.6 Å². The molecule has 0 aromatic carbocycles. The quantitative estimate of drug-likeness (QED) is 0.717. The van der Waals surface area contributed by atoms with E-state index in [1.54, 1.807) is 0 Å². The van der Waals surface area contributed by atoms with Crippen molar-refractivity contribution in [1.29, 1.82) is 0 Å². The Labute approximate surface area is 102 Å². The minimum atomic E-state index is 0.797. The third-order valence-electron chi connectivity index (χ3n) is 2.03. The highest BCUT2D eigenvalue weighted by atomic mass is 32.2. The van der Waals surface area contributed by atoms with Crippen LogP contribution in [0.1, 0.15) is 19.2 Å². The normalized spacial score (nSPS) is 10.2. The first-order chi connectivity index (χ1) is 7.76. The van der Waals surface area contributed by atoms with E-state index in [2.05, 4.69) is 33.8 Å². The van der Waals surface area contributed by atoms with Crippen molar-refractivity contribution in [3.8, 4) is 0 Å². The SMILES string of the molecule is CCNc1cc(NCCCSC)nc(C)n1. The van der Waals surface area contributed by atoms with Gasteiger partial charge in [0.2, 0.25) is 0 Å². The van der Waals surface area contributed by atoms with Crippen molar-refractivity contribution < 1.29 is 0 Å². The number of nitrogens with zero attached hydrogens (tertiary/aromatic N) is 2. The molecule has 1 aromatic heterocycles. The van der Waals surface area contributed by atoms with Crippen molar-refractivity contribution in [3.05, 3.63) is 11.9 Å².